The summed E-state index contributed by atoms with van der Waals surface area (Å²) in [5.41, 5.74) is 1.21. The van der Waals surface area contributed by atoms with Crippen LogP contribution >= 0.6 is 0 Å². The summed E-state index contributed by atoms with van der Waals surface area (Å²) < 4.78 is 10.7. The molecule has 1 N–H and O–H groups in total. The second-order valence-electron chi connectivity index (χ2n) is 4.90. The number of carbonyl (C=O) groups is 1. The highest BCUT2D eigenvalue weighted by molar-refractivity contribution is 5.75. The van der Waals surface area contributed by atoms with Gasteiger partial charge in [-0.15, -0.1) is 0 Å². The highest BCUT2D eigenvalue weighted by Crippen LogP contribution is 2.11. The van der Waals surface area contributed by atoms with Crippen molar-refractivity contribution in [2.24, 2.45) is 0 Å². The third kappa shape index (κ3) is 5.61. The van der Waals surface area contributed by atoms with E-state index in [1.165, 1.54) is 5.56 Å². The Labute approximate surface area is 121 Å². The van der Waals surface area contributed by atoms with Crippen LogP contribution in [-0.4, -0.2) is 31.3 Å². The second-order valence-corrected chi connectivity index (χ2v) is 4.90. The molecule has 1 aromatic rings. The van der Waals surface area contributed by atoms with Crippen molar-refractivity contribution in [1.82, 2.24) is 5.32 Å². The topological polar surface area (TPSA) is 47.6 Å². The molecule has 2 atom stereocenters. The summed E-state index contributed by atoms with van der Waals surface area (Å²) in [5.74, 6) is 0.644. The molecule has 0 heterocycles. The standard InChI is InChI=1S/C16H25NO3/c1-5-15(16(18)19-6-2)17-13(4)11-20-14-9-7-12(3)8-10-14/h7-10,13,15,17H,5-6,11H2,1-4H3. The van der Waals surface area contributed by atoms with E-state index in [-0.39, 0.29) is 18.1 Å². The number of esters is 1. The number of hydrogen-bond acceptors (Lipinski definition) is 4. The van der Waals surface area contributed by atoms with Crippen molar-refractivity contribution in [3.63, 3.8) is 0 Å². The minimum atomic E-state index is -0.272. The molecule has 0 aliphatic rings. The van der Waals surface area contributed by atoms with Crippen molar-refractivity contribution in [1.29, 1.82) is 0 Å². The summed E-state index contributed by atoms with van der Waals surface area (Å²) in [6, 6.07) is 7.73. The average molecular weight is 279 g/mol. The first kappa shape index (κ1) is 16.5. The molecular formula is C16H25NO3. The van der Waals surface area contributed by atoms with Gasteiger partial charge >= 0.3 is 5.97 Å². The Kier molecular flexibility index (Phi) is 7.09. The number of benzene rings is 1. The van der Waals surface area contributed by atoms with Crippen LogP contribution in [-0.2, 0) is 9.53 Å². The lowest BCUT2D eigenvalue weighted by atomic mass is 10.2. The van der Waals surface area contributed by atoms with Crippen LogP contribution in [0, 0.1) is 6.92 Å². The van der Waals surface area contributed by atoms with Crippen molar-refractivity contribution in [2.45, 2.75) is 46.2 Å². The zero-order chi connectivity index (χ0) is 15.0. The maximum Gasteiger partial charge on any atom is 0.323 e. The van der Waals surface area contributed by atoms with Gasteiger partial charge in [0.1, 0.15) is 18.4 Å². The van der Waals surface area contributed by atoms with Crippen LogP contribution in [0.5, 0.6) is 5.75 Å². The van der Waals surface area contributed by atoms with Gasteiger partial charge < -0.3 is 9.47 Å². The van der Waals surface area contributed by atoms with Gasteiger partial charge in [0.25, 0.3) is 0 Å². The van der Waals surface area contributed by atoms with E-state index in [9.17, 15) is 4.79 Å². The van der Waals surface area contributed by atoms with E-state index in [1.54, 1.807) is 0 Å². The predicted molar refractivity (Wildman–Crippen MR) is 80.0 cm³/mol. The third-order valence-electron chi connectivity index (χ3n) is 2.99. The van der Waals surface area contributed by atoms with E-state index in [1.807, 2.05) is 52.0 Å². The van der Waals surface area contributed by atoms with Crippen molar-refractivity contribution in [2.75, 3.05) is 13.2 Å². The Hall–Kier alpha value is -1.55. The fourth-order valence-corrected chi connectivity index (χ4v) is 1.84. The first-order valence-electron chi connectivity index (χ1n) is 7.19. The fraction of sp³-hybridized carbons (Fsp3) is 0.562. The van der Waals surface area contributed by atoms with E-state index < -0.39 is 0 Å². The predicted octanol–water partition coefficient (Wildman–Crippen LogP) is 2.69. The molecule has 20 heavy (non-hydrogen) atoms. The van der Waals surface area contributed by atoms with Crippen LogP contribution in [0.3, 0.4) is 0 Å². The summed E-state index contributed by atoms with van der Waals surface area (Å²) in [6.07, 6.45) is 0.702. The molecule has 4 nitrogen and oxygen atoms in total. The van der Waals surface area contributed by atoms with Crippen molar-refractivity contribution in [3.8, 4) is 5.75 Å². The zero-order valence-corrected chi connectivity index (χ0v) is 12.8. The third-order valence-corrected chi connectivity index (χ3v) is 2.99. The minimum Gasteiger partial charge on any atom is -0.492 e. The molecule has 0 aromatic heterocycles. The summed E-state index contributed by atoms with van der Waals surface area (Å²) in [5, 5.41) is 3.23. The van der Waals surface area contributed by atoms with E-state index in [2.05, 4.69) is 5.32 Å². The van der Waals surface area contributed by atoms with Gasteiger partial charge in [0.05, 0.1) is 6.61 Å². The van der Waals surface area contributed by atoms with Crippen molar-refractivity contribution < 1.29 is 14.3 Å². The molecular weight excluding hydrogens is 254 g/mol. The highest BCUT2D eigenvalue weighted by Gasteiger charge is 2.19. The Morgan fingerprint density at radius 3 is 2.45 bits per heavy atom. The SMILES string of the molecule is CCOC(=O)C(CC)NC(C)COc1ccc(C)cc1. The largest absolute Gasteiger partial charge is 0.492 e. The molecule has 0 aliphatic carbocycles. The van der Waals surface area contributed by atoms with Gasteiger partial charge in [-0.25, -0.2) is 0 Å². The van der Waals surface area contributed by atoms with Crippen molar-refractivity contribution in [3.05, 3.63) is 29.8 Å². The molecule has 112 valence electrons. The molecule has 0 aliphatic heterocycles. The molecule has 0 bridgehead atoms. The average Bonchev–Trinajstić information content (AvgIpc) is 2.44. The van der Waals surface area contributed by atoms with Crippen LogP contribution in [0.15, 0.2) is 24.3 Å². The van der Waals surface area contributed by atoms with E-state index >= 15 is 0 Å². The Morgan fingerprint density at radius 1 is 1.25 bits per heavy atom. The summed E-state index contributed by atoms with van der Waals surface area (Å²) >= 11 is 0. The highest BCUT2D eigenvalue weighted by atomic mass is 16.5. The lowest BCUT2D eigenvalue weighted by molar-refractivity contribution is -0.146. The quantitative estimate of drug-likeness (QED) is 0.743. The molecule has 0 fully saturated rings. The lowest BCUT2D eigenvalue weighted by Crippen LogP contribution is -2.45. The van der Waals surface area contributed by atoms with Gasteiger partial charge in [-0.2, -0.15) is 0 Å². The number of nitrogens with one attached hydrogen (secondary N) is 1. The van der Waals surface area contributed by atoms with E-state index in [4.69, 9.17) is 9.47 Å². The molecule has 0 saturated heterocycles. The van der Waals surface area contributed by atoms with Gasteiger partial charge in [0, 0.05) is 6.04 Å². The van der Waals surface area contributed by atoms with Crippen LogP contribution in [0.2, 0.25) is 0 Å². The molecule has 4 heteroatoms. The normalized spacial score (nSPS) is 13.6. The number of ether oxygens (including phenoxy) is 2. The Bertz CT molecular complexity index is 403. The first-order chi connectivity index (χ1) is 9.56. The molecule has 0 amide bonds. The Morgan fingerprint density at radius 2 is 1.90 bits per heavy atom. The number of hydrogen-bond donors (Lipinski definition) is 1. The Balaban J connectivity index is 2.40. The minimum absolute atomic E-state index is 0.0747. The monoisotopic (exact) mass is 279 g/mol. The second kappa shape index (κ2) is 8.59. The lowest BCUT2D eigenvalue weighted by Gasteiger charge is -2.21. The van der Waals surface area contributed by atoms with Gasteiger partial charge in [-0.05, 0) is 39.3 Å². The van der Waals surface area contributed by atoms with Gasteiger partial charge in [-0.1, -0.05) is 24.6 Å². The summed E-state index contributed by atoms with van der Waals surface area (Å²) in [4.78, 5) is 11.7. The summed E-state index contributed by atoms with van der Waals surface area (Å²) in [7, 11) is 0. The van der Waals surface area contributed by atoms with E-state index in [0.717, 1.165) is 5.75 Å². The molecule has 0 radical (unpaired) electrons. The molecule has 0 spiro atoms. The first-order valence-corrected chi connectivity index (χ1v) is 7.19. The molecule has 1 aromatic carbocycles. The molecule has 2 unspecified atom stereocenters. The van der Waals surface area contributed by atoms with Crippen LogP contribution in [0.25, 0.3) is 0 Å². The smallest absolute Gasteiger partial charge is 0.323 e. The van der Waals surface area contributed by atoms with Crippen molar-refractivity contribution >= 4 is 5.97 Å². The molecule has 0 saturated carbocycles. The molecule has 1 rings (SSSR count). The maximum atomic E-state index is 11.7. The summed E-state index contributed by atoms with van der Waals surface area (Å²) in [6.45, 7) is 8.73. The van der Waals surface area contributed by atoms with E-state index in [0.29, 0.717) is 19.6 Å². The fourth-order valence-electron chi connectivity index (χ4n) is 1.84. The number of rotatable bonds is 8. The van der Waals surface area contributed by atoms with Crippen LogP contribution < -0.4 is 10.1 Å². The van der Waals surface area contributed by atoms with Crippen LogP contribution in [0.1, 0.15) is 32.8 Å². The van der Waals surface area contributed by atoms with Gasteiger partial charge in [-0.3, -0.25) is 10.1 Å². The number of carbonyl (C=O) groups excluding carboxylic acids is 1. The van der Waals surface area contributed by atoms with Crippen LogP contribution in [0.4, 0.5) is 0 Å². The zero-order valence-electron chi connectivity index (χ0n) is 12.8. The van der Waals surface area contributed by atoms with Gasteiger partial charge in [0.2, 0.25) is 0 Å². The van der Waals surface area contributed by atoms with Gasteiger partial charge in [0.15, 0.2) is 0 Å². The maximum absolute atomic E-state index is 11.7. The number of aryl methyl sites for hydroxylation is 1.